The molecule has 0 heterocycles. The predicted octanol–water partition coefficient (Wildman–Crippen LogP) is 2.63. The van der Waals surface area contributed by atoms with Crippen molar-refractivity contribution < 1.29 is 4.79 Å². The molecule has 1 heteroatoms. The number of rotatable bonds is 2. The van der Waals surface area contributed by atoms with Crippen molar-refractivity contribution in [1.29, 1.82) is 0 Å². The van der Waals surface area contributed by atoms with Gasteiger partial charge in [0.05, 0.1) is 0 Å². The number of hydrogen-bond acceptors (Lipinski definition) is 1. The van der Waals surface area contributed by atoms with E-state index in [4.69, 9.17) is 0 Å². The van der Waals surface area contributed by atoms with Crippen molar-refractivity contribution in [3.05, 3.63) is 23.3 Å². The van der Waals surface area contributed by atoms with Gasteiger partial charge >= 0.3 is 0 Å². The maximum atomic E-state index is 10.9. The van der Waals surface area contributed by atoms with Crippen molar-refractivity contribution in [2.24, 2.45) is 0 Å². The molecule has 1 aliphatic rings. The summed E-state index contributed by atoms with van der Waals surface area (Å²) in [5.41, 5.74) is 2.43. The standard InChI is InChI=1S/C10H14O/c1-3-9-4-6-10(7-5-9)8(2)11/h4,6H,3,5,7H2,1-2H3. The topological polar surface area (TPSA) is 17.1 Å². The first-order valence-electron chi connectivity index (χ1n) is 4.13. The number of carbonyl (C=O) groups excluding carboxylic acids is 1. The number of carbonyl (C=O) groups is 1. The fraction of sp³-hybridized carbons (Fsp3) is 0.500. The van der Waals surface area contributed by atoms with Crippen molar-refractivity contribution in [1.82, 2.24) is 0 Å². The fourth-order valence-corrected chi connectivity index (χ4v) is 1.27. The molecule has 0 spiro atoms. The second-order valence-electron chi connectivity index (χ2n) is 2.93. The van der Waals surface area contributed by atoms with E-state index in [2.05, 4.69) is 13.0 Å². The van der Waals surface area contributed by atoms with Crippen molar-refractivity contribution in [3.63, 3.8) is 0 Å². The molecule has 1 rings (SSSR count). The highest BCUT2D eigenvalue weighted by molar-refractivity contribution is 5.93. The summed E-state index contributed by atoms with van der Waals surface area (Å²) < 4.78 is 0. The van der Waals surface area contributed by atoms with Crippen LogP contribution in [0.4, 0.5) is 0 Å². The Kier molecular flexibility index (Phi) is 2.64. The third-order valence-electron chi connectivity index (χ3n) is 2.14. The van der Waals surface area contributed by atoms with Crippen LogP contribution in [0.25, 0.3) is 0 Å². The van der Waals surface area contributed by atoms with Crippen LogP contribution >= 0.6 is 0 Å². The number of ketones is 1. The Hall–Kier alpha value is -0.850. The van der Waals surface area contributed by atoms with Crippen LogP contribution in [-0.4, -0.2) is 5.78 Å². The van der Waals surface area contributed by atoms with Crippen LogP contribution in [0, 0.1) is 0 Å². The molecule has 0 atom stereocenters. The molecule has 60 valence electrons. The van der Waals surface area contributed by atoms with E-state index >= 15 is 0 Å². The monoisotopic (exact) mass is 150 g/mol. The van der Waals surface area contributed by atoms with E-state index in [-0.39, 0.29) is 5.78 Å². The van der Waals surface area contributed by atoms with E-state index in [9.17, 15) is 4.79 Å². The van der Waals surface area contributed by atoms with E-state index in [0.717, 1.165) is 24.8 Å². The van der Waals surface area contributed by atoms with Crippen molar-refractivity contribution in [2.75, 3.05) is 0 Å². The van der Waals surface area contributed by atoms with Gasteiger partial charge in [0.2, 0.25) is 0 Å². The van der Waals surface area contributed by atoms with Crippen LogP contribution in [0.5, 0.6) is 0 Å². The highest BCUT2D eigenvalue weighted by Crippen LogP contribution is 2.20. The molecule has 0 aromatic carbocycles. The number of allylic oxidation sites excluding steroid dienone is 4. The van der Waals surface area contributed by atoms with Gasteiger partial charge in [-0.25, -0.2) is 0 Å². The van der Waals surface area contributed by atoms with E-state index in [0.29, 0.717) is 0 Å². The maximum absolute atomic E-state index is 10.9. The summed E-state index contributed by atoms with van der Waals surface area (Å²) in [6.45, 7) is 3.79. The third kappa shape index (κ3) is 2.04. The zero-order valence-corrected chi connectivity index (χ0v) is 7.18. The van der Waals surface area contributed by atoms with Gasteiger partial charge in [-0.05, 0) is 31.8 Å². The van der Waals surface area contributed by atoms with Crippen molar-refractivity contribution >= 4 is 5.78 Å². The van der Waals surface area contributed by atoms with Gasteiger partial charge in [-0.15, -0.1) is 0 Å². The Morgan fingerprint density at radius 1 is 1.45 bits per heavy atom. The Morgan fingerprint density at radius 3 is 2.55 bits per heavy atom. The SMILES string of the molecule is CCC1=CC=C(C(C)=O)CC1. The van der Waals surface area contributed by atoms with Gasteiger partial charge in [0.15, 0.2) is 5.78 Å². The molecule has 0 aromatic rings. The predicted molar refractivity (Wildman–Crippen MR) is 46.4 cm³/mol. The number of Topliss-reactive ketones (excluding diaryl/α,β-unsaturated/α-hetero) is 1. The van der Waals surface area contributed by atoms with Crippen LogP contribution in [0.3, 0.4) is 0 Å². The van der Waals surface area contributed by atoms with Crippen molar-refractivity contribution in [3.8, 4) is 0 Å². The Labute approximate surface area is 67.8 Å². The van der Waals surface area contributed by atoms with Gasteiger partial charge in [0, 0.05) is 0 Å². The van der Waals surface area contributed by atoms with Gasteiger partial charge in [-0.1, -0.05) is 24.6 Å². The van der Waals surface area contributed by atoms with Gasteiger partial charge in [0.25, 0.3) is 0 Å². The second kappa shape index (κ2) is 3.51. The molecule has 0 fully saturated rings. The Bertz CT molecular complexity index is 221. The van der Waals surface area contributed by atoms with Crippen LogP contribution in [0.1, 0.15) is 33.1 Å². The first-order valence-corrected chi connectivity index (χ1v) is 4.13. The average molecular weight is 150 g/mol. The van der Waals surface area contributed by atoms with Gasteiger partial charge in [-0.2, -0.15) is 0 Å². The largest absolute Gasteiger partial charge is 0.295 e. The van der Waals surface area contributed by atoms with Crippen molar-refractivity contribution in [2.45, 2.75) is 33.1 Å². The molecule has 0 saturated carbocycles. The highest BCUT2D eigenvalue weighted by Gasteiger charge is 2.07. The molecule has 0 saturated heterocycles. The zero-order chi connectivity index (χ0) is 8.27. The molecule has 0 bridgehead atoms. The average Bonchev–Trinajstić information content (AvgIpc) is 2.05. The minimum atomic E-state index is 0.219. The summed E-state index contributed by atoms with van der Waals surface area (Å²) in [5, 5.41) is 0. The molecular formula is C10H14O. The lowest BCUT2D eigenvalue weighted by Crippen LogP contribution is -2.00. The summed E-state index contributed by atoms with van der Waals surface area (Å²) in [6.07, 6.45) is 7.17. The normalized spacial score (nSPS) is 17.3. The van der Waals surface area contributed by atoms with E-state index in [1.165, 1.54) is 5.57 Å². The summed E-state index contributed by atoms with van der Waals surface area (Å²) in [6, 6.07) is 0. The van der Waals surface area contributed by atoms with Crippen LogP contribution in [0.2, 0.25) is 0 Å². The molecule has 0 radical (unpaired) electrons. The Morgan fingerprint density at radius 2 is 2.18 bits per heavy atom. The van der Waals surface area contributed by atoms with Gasteiger partial charge < -0.3 is 0 Å². The zero-order valence-electron chi connectivity index (χ0n) is 7.18. The molecule has 0 unspecified atom stereocenters. The van der Waals surface area contributed by atoms with E-state index in [1.807, 2.05) is 6.08 Å². The summed E-state index contributed by atoms with van der Waals surface area (Å²) in [5.74, 6) is 0.219. The molecule has 1 nitrogen and oxygen atoms in total. The molecule has 0 aromatic heterocycles. The first kappa shape index (κ1) is 8.25. The molecule has 0 aliphatic heterocycles. The second-order valence-corrected chi connectivity index (χ2v) is 2.93. The fourth-order valence-electron chi connectivity index (χ4n) is 1.27. The summed E-state index contributed by atoms with van der Waals surface area (Å²) >= 11 is 0. The quantitative estimate of drug-likeness (QED) is 0.591. The van der Waals surface area contributed by atoms with Crippen LogP contribution < -0.4 is 0 Å². The number of hydrogen-bond donors (Lipinski definition) is 0. The van der Waals surface area contributed by atoms with Gasteiger partial charge in [-0.3, -0.25) is 4.79 Å². The van der Waals surface area contributed by atoms with Crippen LogP contribution in [0.15, 0.2) is 23.3 Å². The summed E-state index contributed by atoms with van der Waals surface area (Å²) in [4.78, 5) is 10.9. The Balaban J connectivity index is 2.69. The first-order chi connectivity index (χ1) is 5.24. The molecule has 0 amide bonds. The van der Waals surface area contributed by atoms with E-state index < -0.39 is 0 Å². The lowest BCUT2D eigenvalue weighted by atomic mass is 9.95. The van der Waals surface area contributed by atoms with E-state index in [1.54, 1.807) is 6.92 Å². The molecule has 1 aliphatic carbocycles. The lowest BCUT2D eigenvalue weighted by Gasteiger charge is -2.10. The highest BCUT2D eigenvalue weighted by atomic mass is 16.1. The molecular weight excluding hydrogens is 136 g/mol. The van der Waals surface area contributed by atoms with Gasteiger partial charge in [0.1, 0.15) is 0 Å². The summed E-state index contributed by atoms with van der Waals surface area (Å²) in [7, 11) is 0. The minimum absolute atomic E-state index is 0.219. The van der Waals surface area contributed by atoms with Crippen LogP contribution in [-0.2, 0) is 4.79 Å². The maximum Gasteiger partial charge on any atom is 0.155 e. The minimum Gasteiger partial charge on any atom is -0.295 e. The third-order valence-corrected chi connectivity index (χ3v) is 2.14. The molecule has 11 heavy (non-hydrogen) atoms. The lowest BCUT2D eigenvalue weighted by molar-refractivity contribution is -0.113. The molecule has 0 N–H and O–H groups in total. The smallest absolute Gasteiger partial charge is 0.155 e.